The Labute approximate surface area is 283 Å². The molecule has 4 N–H and O–H groups in total. The predicted octanol–water partition coefficient (Wildman–Crippen LogP) is 9.33. The zero-order valence-electron chi connectivity index (χ0n) is 32.6. The number of likely N-dealkylation sites (N-methyl/N-ethyl adjacent to an activating group) is 1. The molecule has 0 unspecified atom stereocenters. The van der Waals surface area contributed by atoms with Gasteiger partial charge in [0.05, 0.1) is 6.73 Å². The largest absolute Gasteiger partial charge is 0.400 e. The Hall–Kier alpha value is -1.76. The van der Waals surface area contributed by atoms with Crippen LogP contribution in [0.4, 0.5) is 0 Å². The number of benzene rings is 2. The summed E-state index contributed by atoms with van der Waals surface area (Å²) in [5, 5.41) is 21.7. The third kappa shape index (κ3) is 36.6. The minimum Gasteiger partial charge on any atom is -0.400 e. The van der Waals surface area contributed by atoms with Crippen LogP contribution in [0.1, 0.15) is 131 Å². The van der Waals surface area contributed by atoms with Crippen LogP contribution in [-0.4, -0.2) is 68.2 Å². The fourth-order valence-electron chi connectivity index (χ4n) is 4.12. The van der Waals surface area contributed by atoms with E-state index in [0.717, 1.165) is 46.3 Å². The maximum atomic E-state index is 8.47. The molecule has 5 heteroatoms. The Bertz CT molecular complexity index is 721. The smallest absolute Gasteiger partial charge is 0.0931 e. The van der Waals surface area contributed by atoms with E-state index in [-0.39, 0.29) is 6.73 Å². The SMILES string of the molecule is CC.CC.CC.CC.CCCN(CC)CCNCCNCO.CCCc1ccc(CCCCc2ccc(CC)cc2)cc1.CO. The van der Waals surface area contributed by atoms with Crippen LogP contribution in [0.3, 0.4) is 0 Å². The van der Waals surface area contributed by atoms with Gasteiger partial charge in [0.15, 0.2) is 0 Å². The number of nitrogens with zero attached hydrogens (tertiary/aromatic N) is 1. The molecule has 0 aliphatic heterocycles. The van der Waals surface area contributed by atoms with Crippen molar-refractivity contribution in [3.8, 4) is 0 Å². The second-order valence-electron chi connectivity index (χ2n) is 9.29. The van der Waals surface area contributed by atoms with Crippen molar-refractivity contribution in [3.05, 3.63) is 70.8 Å². The highest BCUT2D eigenvalue weighted by molar-refractivity contribution is 5.24. The van der Waals surface area contributed by atoms with Crippen LogP contribution in [0.15, 0.2) is 48.5 Å². The second-order valence-corrected chi connectivity index (χ2v) is 9.29. The summed E-state index contributed by atoms with van der Waals surface area (Å²) in [5.41, 5.74) is 5.87. The minimum absolute atomic E-state index is 0.0681. The summed E-state index contributed by atoms with van der Waals surface area (Å²) >= 11 is 0. The van der Waals surface area contributed by atoms with Gasteiger partial charge in [-0.15, -0.1) is 0 Å². The van der Waals surface area contributed by atoms with Gasteiger partial charge in [-0.1, -0.05) is 138 Å². The highest BCUT2D eigenvalue weighted by Crippen LogP contribution is 2.12. The fourth-order valence-corrected chi connectivity index (χ4v) is 4.12. The van der Waals surface area contributed by atoms with Gasteiger partial charge in [-0.3, -0.25) is 5.32 Å². The molecule has 0 aliphatic carbocycles. The van der Waals surface area contributed by atoms with Crippen molar-refractivity contribution in [2.75, 3.05) is 53.1 Å². The number of aliphatic hydroxyl groups is 2. The molecular formula is C40H81N3O2. The lowest BCUT2D eigenvalue weighted by Gasteiger charge is -2.19. The summed E-state index contributed by atoms with van der Waals surface area (Å²) in [7, 11) is 1.00. The van der Waals surface area contributed by atoms with E-state index < -0.39 is 0 Å². The van der Waals surface area contributed by atoms with Crippen LogP contribution in [0.5, 0.6) is 0 Å². The zero-order valence-corrected chi connectivity index (χ0v) is 32.6. The highest BCUT2D eigenvalue weighted by atomic mass is 16.3. The van der Waals surface area contributed by atoms with E-state index >= 15 is 0 Å². The molecule has 0 aliphatic rings. The average Bonchev–Trinajstić information content (AvgIpc) is 3.13. The predicted molar refractivity (Wildman–Crippen MR) is 207 cm³/mol. The molecule has 2 rings (SSSR count). The van der Waals surface area contributed by atoms with Crippen LogP contribution < -0.4 is 10.6 Å². The minimum atomic E-state index is 0.0681. The third-order valence-corrected chi connectivity index (χ3v) is 6.36. The molecule has 268 valence electrons. The normalized spacial score (nSPS) is 9.16. The van der Waals surface area contributed by atoms with E-state index in [4.69, 9.17) is 10.2 Å². The van der Waals surface area contributed by atoms with E-state index in [1.54, 1.807) is 0 Å². The van der Waals surface area contributed by atoms with Crippen LogP contribution in [0.25, 0.3) is 0 Å². The van der Waals surface area contributed by atoms with Gasteiger partial charge >= 0.3 is 0 Å². The molecule has 0 heterocycles. The summed E-state index contributed by atoms with van der Waals surface area (Å²) in [5.74, 6) is 0. The summed E-state index contributed by atoms with van der Waals surface area (Å²) in [6.07, 6.45) is 9.76. The van der Waals surface area contributed by atoms with Gasteiger partial charge in [0, 0.05) is 33.3 Å². The Balaban J connectivity index is -0.000000194. The first-order valence-electron chi connectivity index (χ1n) is 18.5. The lowest BCUT2D eigenvalue weighted by atomic mass is 10.0. The van der Waals surface area contributed by atoms with Crippen molar-refractivity contribution in [2.45, 2.75) is 134 Å². The van der Waals surface area contributed by atoms with Crippen LogP contribution >= 0.6 is 0 Å². The standard InChI is InChI=1S/C21H28.C10H25N3O.4C2H6.CH4O/c1-3-7-19-14-16-21(17-15-19)9-6-5-8-20-12-10-18(4-2)11-13-20;1-3-8-13(4-2)9-7-11-5-6-12-10-14;5*1-2/h10-17H,3-9H2,1-2H3;11-12,14H,3-10H2,1-2H3;4*1-2H3;2H,1H3. The van der Waals surface area contributed by atoms with Gasteiger partial charge in [-0.2, -0.15) is 0 Å². The molecule has 0 saturated carbocycles. The summed E-state index contributed by atoms with van der Waals surface area (Å²) in [6, 6.07) is 18.3. The van der Waals surface area contributed by atoms with Crippen LogP contribution in [0.2, 0.25) is 0 Å². The number of nitrogens with one attached hydrogen (secondary N) is 2. The molecule has 0 spiro atoms. The van der Waals surface area contributed by atoms with Gasteiger partial charge in [0.2, 0.25) is 0 Å². The number of unbranched alkanes of at least 4 members (excludes halogenated alkanes) is 1. The quantitative estimate of drug-likeness (QED) is 0.0971. The summed E-state index contributed by atoms with van der Waals surface area (Å²) < 4.78 is 0. The maximum Gasteiger partial charge on any atom is 0.0931 e. The lowest BCUT2D eigenvalue weighted by Crippen LogP contribution is -2.35. The molecule has 0 radical (unpaired) electrons. The molecule has 5 nitrogen and oxygen atoms in total. The topological polar surface area (TPSA) is 67.8 Å². The van der Waals surface area contributed by atoms with Gasteiger partial charge in [-0.25, -0.2) is 0 Å². The first-order valence-corrected chi connectivity index (χ1v) is 18.5. The highest BCUT2D eigenvalue weighted by Gasteiger charge is 1.99. The molecule has 2 aromatic carbocycles. The molecule has 0 saturated heterocycles. The molecular weight excluding hydrogens is 554 g/mol. The first-order chi connectivity index (χ1) is 22.2. The van der Waals surface area contributed by atoms with E-state index in [9.17, 15) is 0 Å². The Morgan fingerprint density at radius 3 is 1.27 bits per heavy atom. The van der Waals surface area contributed by atoms with Gasteiger partial charge < -0.3 is 20.4 Å². The van der Waals surface area contributed by atoms with Gasteiger partial charge in [-0.05, 0) is 80.3 Å². The van der Waals surface area contributed by atoms with Gasteiger partial charge in [0.1, 0.15) is 0 Å². The van der Waals surface area contributed by atoms with Crippen LogP contribution in [-0.2, 0) is 25.7 Å². The van der Waals surface area contributed by atoms with E-state index in [1.165, 1.54) is 73.7 Å². The lowest BCUT2D eigenvalue weighted by molar-refractivity contribution is 0.259. The summed E-state index contributed by atoms with van der Waals surface area (Å²) in [4.78, 5) is 2.44. The number of rotatable bonds is 18. The van der Waals surface area contributed by atoms with Crippen molar-refractivity contribution in [1.82, 2.24) is 15.5 Å². The Kier molecular flexibility index (Phi) is 57.6. The average molecular weight is 636 g/mol. The Morgan fingerprint density at radius 1 is 0.511 bits per heavy atom. The van der Waals surface area contributed by atoms with Crippen LogP contribution in [0, 0.1) is 0 Å². The molecule has 45 heavy (non-hydrogen) atoms. The molecule has 2 aromatic rings. The van der Waals surface area contributed by atoms with E-state index in [2.05, 4.69) is 91.8 Å². The second kappa shape index (κ2) is 49.1. The number of aryl methyl sites for hydroxylation is 4. The molecule has 0 atom stereocenters. The van der Waals surface area contributed by atoms with E-state index in [1.807, 2.05) is 55.4 Å². The van der Waals surface area contributed by atoms with E-state index in [0.29, 0.717) is 0 Å². The van der Waals surface area contributed by atoms with Crippen molar-refractivity contribution in [1.29, 1.82) is 0 Å². The van der Waals surface area contributed by atoms with Gasteiger partial charge in [0.25, 0.3) is 0 Å². The monoisotopic (exact) mass is 636 g/mol. The maximum absolute atomic E-state index is 8.47. The number of hydrogen-bond donors (Lipinski definition) is 4. The first kappa shape index (κ1) is 52.8. The Morgan fingerprint density at radius 2 is 0.911 bits per heavy atom. The third-order valence-electron chi connectivity index (χ3n) is 6.36. The number of hydrogen-bond acceptors (Lipinski definition) is 5. The molecule has 0 fully saturated rings. The van der Waals surface area contributed by atoms with Crippen molar-refractivity contribution in [3.63, 3.8) is 0 Å². The number of aliphatic hydroxyl groups excluding tert-OH is 2. The summed E-state index contributed by atoms with van der Waals surface area (Å²) in [6.45, 7) is 31.1. The van der Waals surface area contributed by atoms with Crippen molar-refractivity contribution in [2.24, 2.45) is 0 Å². The zero-order chi connectivity index (χ0) is 35.6. The fraction of sp³-hybridized carbons (Fsp3) is 0.700. The molecule has 0 aromatic heterocycles. The molecule has 0 bridgehead atoms. The van der Waals surface area contributed by atoms with Crippen molar-refractivity contribution >= 4 is 0 Å². The molecule has 0 amide bonds. The van der Waals surface area contributed by atoms with Crippen molar-refractivity contribution < 1.29 is 10.2 Å².